The van der Waals surface area contributed by atoms with Crippen LogP contribution in [-0.4, -0.2) is 8.42 Å². The minimum Gasteiger partial charge on any atom is -0.225 e. The molecule has 12 heavy (non-hydrogen) atoms. The summed E-state index contributed by atoms with van der Waals surface area (Å²) < 4.78 is 21.4. The Bertz CT molecular complexity index is 344. The number of sulfonamides is 1. The second-order valence-electron chi connectivity index (χ2n) is 2.19. The van der Waals surface area contributed by atoms with Crippen molar-refractivity contribution in [3.63, 3.8) is 0 Å². The molecule has 0 aromatic heterocycles. The van der Waals surface area contributed by atoms with E-state index in [1.165, 1.54) is 12.1 Å². The van der Waals surface area contributed by atoms with Gasteiger partial charge in [0.15, 0.2) is 0 Å². The van der Waals surface area contributed by atoms with Crippen molar-refractivity contribution in [2.75, 3.05) is 0 Å². The van der Waals surface area contributed by atoms with Crippen LogP contribution in [0.5, 0.6) is 0 Å². The van der Waals surface area contributed by atoms with E-state index in [2.05, 4.69) is 6.92 Å². The molecule has 0 radical (unpaired) electrons. The topological polar surface area (TPSA) is 60.2 Å². The first kappa shape index (κ1) is 12.6. The fourth-order valence-electron chi connectivity index (χ4n) is 0.679. The van der Waals surface area contributed by atoms with Gasteiger partial charge in [0.1, 0.15) is 0 Å². The molecule has 0 amide bonds. The Morgan fingerprint density at radius 3 is 1.92 bits per heavy atom. The molecule has 0 aliphatic carbocycles. The van der Waals surface area contributed by atoms with E-state index in [-0.39, 0.29) is 56.3 Å². The molecule has 1 aromatic carbocycles. The van der Waals surface area contributed by atoms with Gasteiger partial charge in [0, 0.05) is 0 Å². The zero-order chi connectivity index (χ0) is 8.48. The Hall–Kier alpha value is 0.636. The van der Waals surface area contributed by atoms with Crippen LogP contribution in [0, 0.1) is 6.92 Å². The van der Waals surface area contributed by atoms with Gasteiger partial charge < -0.3 is 0 Å². The smallest absolute Gasteiger partial charge is 0.225 e. The zero-order valence-electron chi connectivity index (χ0n) is 6.82. The molecule has 0 spiro atoms. The Balaban J connectivity index is 0.00000121. The Morgan fingerprint density at radius 1 is 1.17 bits per heavy atom. The second-order valence-corrected chi connectivity index (χ2v) is 3.75. The largest absolute Gasteiger partial charge is 1.00 e. The van der Waals surface area contributed by atoms with E-state index < -0.39 is 10.0 Å². The molecule has 1 rings (SSSR count). The second kappa shape index (κ2) is 4.76. The number of benzene rings is 1. The van der Waals surface area contributed by atoms with E-state index in [1.54, 1.807) is 12.1 Å². The van der Waals surface area contributed by atoms with Gasteiger partial charge in [-0.15, -0.1) is 0 Å². The average Bonchev–Trinajstić information content (AvgIpc) is 1.86. The number of primary sulfonamides is 1. The van der Waals surface area contributed by atoms with Crippen molar-refractivity contribution in [3.8, 4) is 0 Å². The summed E-state index contributed by atoms with van der Waals surface area (Å²) in [4.78, 5) is 0.116. The molecule has 2 N–H and O–H groups in total. The third-order valence-electron chi connectivity index (χ3n) is 1.25. The van der Waals surface area contributed by atoms with E-state index in [4.69, 9.17) is 5.14 Å². The van der Waals surface area contributed by atoms with Gasteiger partial charge >= 0.3 is 51.4 Å². The number of rotatable bonds is 1. The first-order chi connectivity index (χ1) is 5.00. The molecule has 3 nitrogen and oxygen atoms in total. The fraction of sp³-hybridized carbons (Fsp3) is 0. The van der Waals surface area contributed by atoms with Gasteiger partial charge in [-0.2, -0.15) is 24.6 Å². The van der Waals surface area contributed by atoms with Crippen LogP contribution in [0.4, 0.5) is 0 Å². The monoisotopic (exact) mass is 209 g/mol. The van der Waals surface area contributed by atoms with Crippen molar-refractivity contribution in [2.24, 2.45) is 5.14 Å². The van der Waals surface area contributed by atoms with Crippen LogP contribution < -0.4 is 56.5 Å². The summed E-state index contributed by atoms with van der Waals surface area (Å²) in [5.41, 5.74) is 0.761. The molecule has 1 aromatic rings. The minimum absolute atomic E-state index is 0. The summed E-state index contributed by atoms with van der Waals surface area (Å²) in [5, 5.41) is 4.86. The number of hydrogen-bond acceptors (Lipinski definition) is 2. The molecule has 0 fully saturated rings. The van der Waals surface area contributed by atoms with Crippen LogP contribution in [0.1, 0.15) is 5.56 Å². The quantitative estimate of drug-likeness (QED) is 0.411. The molecule has 0 unspecified atom stereocenters. The van der Waals surface area contributed by atoms with Crippen molar-refractivity contribution in [2.45, 2.75) is 4.90 Å². The van der Waals surface area contributed by atoms with Crippen LogP contribution >= 0.6 is 0 Å². The van der Waals surface area contributed by atoms with Crippen LogP contribution in [0.3, 0.4) is 0 Å². The Kier molecular flexibility index (Phi) is 5.01. The van der Waals surface area contributed by atoms with Crippen molar-refractivity contribution < 1.29 is 59.8 Å². The molecule has 5 heteroatoms. The Morgan fingerprint density at radius 2 is 1.58 bits per heavy atom. The van der Waals surface area contributed by atoms with Gasteiger partial charge in [0.05, 0.1) is 4.90 Å². The summed E-state index contributed by atoms with van der Waals surface area (Å²) in [6, 6.07) is 6.05. The summed E-state index contributed by atoms with van der Waals surface area (Å²) in [6.45, 7) is 3.61. The molecule has 0 bridgehead atoms. The van der Waals surface area contributed by atoms with Crippen molar-refractivity contribution in [1.29, 1.82) is 0 Å². The predicted octanol–water partition coefficient (Wildman–Crippen LogP) is -2.48. The summed E-state index contributed by atoms with van der Waals surface area (Å²) in [5.74, 6) is 0. The molecular weight excluding hydrogens is 201 g/mol. The third kappa shape index (κ3) is 3.57. The molecule has 0 saturated carbocycles. The molecule has 0 aliphatic rings. The van der Waals surface area contributed by atoms with Gasteiger partial charge in [-0.05, 0) is 0 Å². The van der Waals surface area contributed by atoms with Crippen LogP contribution in [-0.2, 0) is 10.0 Å². The molecule has 0 heterocycles. The minimum atomic E-state index is -3.55. The number of hydrogen-bond donors (Lipinski definition) is 1. The molecular formula is C7H8KNO2S. The maximum Gasteiger partial charge on any atom is 1.00 e. The number of nitrogens with two attached hydrogens (primary N) is 1. The van der Waals surface area contributed by atoms with Crippen LogP contribution in [0.2, 0.25) is 0 Å². The normalized spacial score (nSPS) is 10.4. The van der Waals surface area contributed by atoms with Gasteiger partial charge in [-0.3, -0.25) is 0 Å². The maximum atomic E-state index is 10.7. The van der Waals surface area contributed by atoms with Gasteiger partial charge in [-0.1, -0.05) is 12.1 Å². The average molecular weight is 209 g/mol. The van der Waals surface area contributed by atoms with E-state index >= 15 is 0 Å². The standard InChI is InChI=1S/C7H8NO2S.K/c1-6-2-4-7(5-3-6)11(8,9)10;/h2-5H,1H2,(H2,8,9,10);/q-1;+1. The maximum absolute atomic E-state index is 10.7. The van der Waals surface area contributed by atoms with E-state index in [0.29, 0.717) is 0 Å². The zero-order valence-corrected chi connectivity index (χ0v) is 10.8. The van der Waals surface area contributed by atoms with Crippen molar-refractivity contribution in [3.05, 3.63) is 36.8 Å². The Labute approximate surface area is 115 Å². The van der Waals surface area contributed by atoms with Gasteiger partial charge in [0.25, 0.3) is 0 Å². The van der Waals surface area contributed by atoms with E-state index in [0.717, 1.165) is 5.56 Å². The van der Waals surface area contributed by atoms with Crippen LogP contribution in [0.15, 0.2) is 29.2 Å². The van der Waals surface area contributed by atoms with Crippen molar-refractivity contribution in [1.82, 2.24) is 0 Å². The third-order valence-corrected chi connectivity index (χ3v) is 2.18. The van der Waals surface area contributed by atoms with E-state index in [1.807, 2.05) is 0 Å². The molecule has 0 aliphatic heterocycles. The summed E-state index contributed by atoms with van der Waals surface area (Å²) in [6.07, 6.45) is 0. The van der Waals surface area contributed by atoms with Crippen LogP contribution in [0.25, 0.3) is 0 Å². The van der Waals surface area contributed by atoms with Gasteiger partial charge in [-0.25, -0.2) is 13.6 Å². The first-order valence-corrected chi connectivity index (χ1v) is 4.49. The molecule has 0 atom stereocenters. The molecule has 60 valence electrons. The summed E-state index contributed by atoms with van der Waals surface area (Å²) >= 11 is 0. The fourth-order valence-corrected chi connectivity index (χ4v) is 1.19. The summed E-state index contributed by atoms with van der Waals surface area (Å²) in [7, 11) is -3.55. The molecule has 0 saturated heterocycles. The predicted molar refractivity (Wildman–Crippen MR) is 42.3 cm³/mol. The van der Waals surface area contributed by atoms with E-state index in [9.17, 15) is 8.42 Å². The van der Waals surface area contributed by atoms with Crippen molar-refractivity contribution >= 4 is 10.0 Å². The SMILES string of the molecule is [CH2-]c1ccc(S(N)(=O)=O)cc1.[K+]. The van der Waals surface area contributed by atoms with Gasteiger partial charge in [0.2, 0.25) is 10.0 Å². The first-order valence-electron chi connectivity index (χ1n) is 2.95.